The van der Waals surface area contributed by atoms with E-state index in [-0.39, 0.29) is 0 Å². The molecule has 0 aromatic heterocycles. The highest BCUT2D eigenvalue weighted by atomic mass is 16.5. The molecule has 21 heavy (non-hydrogen) atoms. The van der Waals surface area contributed by atoms with Gasteiger partial charge in [-0.15, -0.1) is 0 Å². The largest absolute Gasteiger partial charge is 0.378 e. The van der Waals surface area contributed by atoms with Crippen LogP contribution in [-0.4, -0.2) is 25.3 Å². The quantitative estimate of drug-likeness (QED) is 0.879. The van der Waals surface area contributed by atoms with Gasteiger partial charge in [0.25, 0.3) is 0 Å². The predicted molar refractivity (Wildman–Crippen MR) is 87.6 cm³/mol. The zero-order chi connectivity index (χ0) is 14.5. The van der Waals surface area contributed by atoms with E-state index in [4.69, 9.17) is 4.74 Å². The van der Waals surface area contributed by atoms with Crippen LogP contribution in [0.5, 0.6) is 0 Å². The molecule has 0 bridgehead atoms. The van der Waals surface area contributed by atoms with E-state index in [0.29, 0.717) is 24.0 Å². The third-order valence-electron chi connectivity index (χ3n) is 5.38. The van der Waals surface area contributed by atoms with E-state index in [2.05, 4.69) is 42.6 Å². The molecule has 2 nitrogen and oxygen atoms in total. The van der Waals surface area contributed by atoms with Crippen LogP contribution in [0.25, 0.3) is 0 Å². The monoisotopic (exact) mass is 287 g/mol. The average Bonchev–Trinajstić information content (AvgIpc) is 3.01. The second kappa shape index (κ2) is 7.42. The number of hydrogen-bond acceptors (Lipinski definition) is 2. The molecule has 0 amide bonds. The molecule has 4 atom stereocenters. The van der Waals surface area contributed by atoms with Gasteiger partial charge in [-0.3, -0.25) is 0 Å². The number of benzene rings is 1. The van der Waals surface area contributed by atoms with Crippen LogP contribution in [0.4, 0.5) is 0 Å². The van der Waals surface area contributed by atoms with Crippen LogP contribution in [0.1, 0.15) is 56.9 Å². The van der Waals surface area contributed by atoms with Gasteiger partial charge in [0, 0.05) is 19.2 Å². The lowest BCUT2D eigenvalue weighted by atomic mass is 9.79. The third-order valence-corrected chi connectivity index (χ3v) is 5.38. The van der Waals surface area contributed by atoms with Gasteiger partial charge in [0.2, 0.25) is 0 Å². The van der Waals surface area contributed by atoms with Gasteiger partial charge < -0.3 is 10.1 Å². The van der Waals surface area contributed by atoms with Crippen LogP contribution in [0.3, 0.4) is 0 Å². The van der Waals surface area contributed by atoms with Crippen molar-refractivity contribution in [2.45, 2.75) is 63.5 Å². The van der Waals surface area contributed by atoms with Crippen molar-refractivity contribution in [3.8, 4) is 0 Å². The fourth-order valence-corrected chi connectivity index (χ4v) is 4.15. The Labute approximate surface area is 129 Å². The Morgan fingerprint density at radius 3 is 2.71 bits per heavy atom. The number of hydrogen-bond donors (Lipinski definition) is 1. The Kier molecular flexibility index (Phi) is 5.32. The number of rotatable bonds is 5. The molecular weight excluding hydrogens is 258 g/mol. The summed E-state index contributed by atoms with van der Waals surface area (Å²) < 4.78 is 5.83. The molecule has 1 aliphatic heterocycles. The first-order valence-corrected chi connectivity index (χ1v) is 8.78. The highest BCUT2D eigenvalue weighted by Gasteiger charge is 2.30. The Hall–Kier alpha value is -0.860. The smallest absolute Gasteiger partial charge is 0.0613 e. The molecule has 1 N–H and O–H groups in total. The van der Waals surface area contributed by atoms with Crippen molar-refractivity contribution < 1.29 is 4.74 Å². The molecule has 1 saturated heterocycles. The van der Waals surface area contributed by atoms with Crippen LogP contribution in [0.2, 0.25) is 0 Å². The van der Waals surface area contributed by atoms with E-state index < -0.39 is 0 Å². The van der Waals surface area contributed by atoms with Crippen molar-refractivity contribution in [2.24, 2.45) is 5.92 Å². The molecule has 4 unspecified atom stereocenters. The Bertz CT molecular complexity index is 419. The maximum absolute atomic E-state index is 5.83. The van der Waals surface area contributed by atoms with Gasteiger partial charge in [-0.05, 0) is 43.1 Å². The molecule has 1 aromatic rings. The highest BCUT2D eigenvalue weighted by molar-refractivity contribution is 5.22. The lowest BCUT2D eigenvalue weighted by Gasteiger charge is -2.34. The summed E-state index contributed by atoms with van der Waals surface area (Å²) >= 11 is 0. The summed E-state index contributed by atoms with van der Waals surface area (Å²) in [5.74, 6) is 1.41. The van der Waals surface area contributed by atoms with E-state index in [1.54, 1.807) is 0 Å². The van der Waals surface area contributed by atoms with Crippen molar-refractivity contribution in [1.29, 1.82) is 0 Å². The Morgan fingerprint density at radius 2 is 1.90 bits per heavy atom. The van der Waals surface area contributed by atoms with E-state index in [0.717, 1.165) is 19.6 Å². The van der Waals surface area contributed by atoms with E-state index in [9.17, 15) is 0 Å². The maximum Gasteiger partial charge on any atom is 0.0613 e. The van der Waals surface area contributed by atoms with Gasteiger partial charge >= 0.3 is 0 Å². The minimum absolute atomic E-state index is 0.483. The summed E-state index contributed by atoms with van der Waals surface area (Å²) in [4.78, 5) is 0. The van der Waals surface area contributed by atoms with Gasteiger partial charge in [0.15, 0.2) is 0 Å². The first-order valence-electron chi connectivity index (χ1n) is 8.78. The lowest BCUT2D eigenvalue weighted by molar-refractivity contribution is 0.0859. The molecule has 2 fully saturated rings. The van der Waals surface area contributed by atoms with Gasteiger partial charge in [-0.2, -0.15) is 0 Å². The van der Waals surface area contributed by atoms with E-state index >= 15 is 0 Å². The zero-order valence-electron chi connectivity index (χ0n) is 13.3. The second-order valence-electron chi connectivity index (χ2n) is 6.68. The molecule has 0 radical (unpaired) electrons. The normalized spacial score (nSPS) is 33.2. The fraction of sp³-hybridized carbons (Fsp3) is 0.684. The van der Waals surface area contributed by atoms with Crippen molar-refractivity contribution in [1.82, 2.24) is 5.32 Å². The number of nitrogens with one attached hydrogen (secondary N) is 1. The van der Waals surface area contributed by atoms with Crippen molar-refractivity contribution >= 4 is 0 Å². The van der Waals surface area contributed by atoms with Crippen LogP contribution in [0.15, 0.2) is 30.3 Å². The van der Waals surface area contributed by atoms with E-state index in [1.165, 1.54) is 37.7 Å². The molecule has 2 aliphatic rings. The molecule has 1 heterocycles. The topological polar surface area (TPSA) is 21.3 Å². The van der Waals surface area contributed by atoms with Gasteiger partial charge in [0.1, 0.15) is 0 Å². The summed E-state index contributed by atoms with van der Waals surface area (Å²) in [5.41, 5.74) is 1.52. The predicted octanol–water partition coefficient (Wildman–Crippen LogP) is 4.12. The van der Waals surface area contributed by atoms with Crippen LogP contribution in [0, 0.1) is 5.92 Å². The lowest BCUT2D eigenvalue weighted by Crippen LogP contribution is -2.41. The third kappa shape index (κ3) is 3.67. The maximum atomic E-state index is 5.83. The summed E-state index contributed by atoms with van der Waals surface area (Å²) in [6.07, 6.45) is 8.27. The second-order valence-corrected chi connectivity index (χ2v) is 6.68. The average molecular weight is 287 g/mol. The van der Waals surface area contributed by atoms with Gasteiger partial charge in [-0.25, -0.2) is 0 Å². The molecule has 2 heteroatoms. The molecule has 1 saturated carbocycles. The number of ether oxygens (including phenoxy) is 1. The highest BCUT2D eigenvalue weighted by Crippen LogP contribution is 2.33. The van der Waals surface area contributed by atoms with E-state index in [1.807, 2.05) is 0 Å². The molecule has 116 valence electrons. The Morgan fingerprint density at radius 1 is 1.10 bits per heavy atom. The summed E-state index contributed by atoms with van der Waals surface area (Å²) in [5, 5.41) is 3.90. The first kappa shape index (κ1) is 15.1. The van der Waals surface area contributed by atoms with Crippen molar-refractivity contribution in [3.05, 3.63) is 35.9 Å². The van der Waals surface area contributed by atoms with Crippen LogP contribution in [-0.2, 0) is 4.74 Å². The van der Waals surface area contributed by atoms with Crippen LogP contribution < -0.4 is 5.32 Å². The Balaban J connectivity index is 1.60. The summed E-state index contributed by atoms with van der Waals surface area (Å²) in [7, 11) is 0. The van der Waals surface area contributed by atoms with Crippen molar-refractivity contribution in [2.75, 3.05) is 13.2 Å². The fourth-order valence-electron chi connectivity index (χ4n) is 4.15. The molecule has 3 rings (SSSR count). The molecular formula is C19H29NO. The van der Waals surface area contributed by atoms with Gasteiger partial charge in [-0.1, -0.05) is 50.1 Å². The summed E-state index contributed by atoms with van der Waals surface area (Å²) in [6.45, 7) is 4.33. The van der Waals surface area contributed by atoms with Crippen LogP contribution >= 0.6 is 0 Å². The molecule has 0 spiro atoms. The molecule has 1 aromatic carbocycles. The van der Waals surface area contributed by atoms with Gasteiger partial charge in [0.05, 0.1) is 6.10 Å². The minimum atomic E-state index is 0.483. The first-order chi connectivity index (χ1) is 10.4. The minimum Gasteiger partial charge on any atom is -0.378 e. The SMILES string of the molecule is CCC1OCCC1CNC1CCCCC1c1ccccc1. The summed E-state index contributed by atoms with van der Waals surface area (Å²) in [6, 6.07) is 11.7. The molecule has 1 aliphatic carbocycles. The zero-order valence-corrected chi connectivity index (χ0v) is 13.3. The van der Waals surface area contributed by atoms with Crippen molar-refractivity contribution in [3.63, 3.8) is 0 Å². The standard InChI is InChI=1S/C19H29NO/c1-2-19-16(12-13-21-19)14-20-18-11-7-6-10-17(18)15-8-4-3-5-9-15/h3-5,8-9,16-20H,2,6-7,10-14H2,1H3.